The molecule has 1 rings (SSSR count). The summed E-state index contributed by atoms with van der Waals surface area (Å²) in [6.07, 6.45) is 2.44. The number of nitro benzene ring substituents is 1. The molecule has 0 spiro atoms. The first-order valence-corrected chi connectivity index (χ1v) is 6.37. The van der Waals surface area contributed by atoms with Crippen molar-refractivity contribution in [3.63, 3.8) is 0 Å². The van der Waals surface area contributed by atoms with E-state index in [4.69, 9.17) is 5.26 Å². The summed E-state index contributed by atoms with van der Waals surface area (Å²) in [5.41, 5.74) is 1.07. The van der Waals surface area contributed by atoms with E-state index in [0.29, 0.717) is 6.42 Å². The first-order valence-electron chi connectivity index (χ1n) is 6.37. The Bertz CT molecular complexity index is 468. The molecule has 102 valence electrons. The fraction of sp³-hybridized carbons (Fsp3) is 0.500. The first kappa shape index (κ1) is 15.1. The normalized spacial score (nSPS) is 12.1. The summed E-state index contributed by atoms with van der Waals surface area (Å²) in [5.74, 6) is 0. The molecule has 0 radical (unpaired) electrons. The summed E-state index contributed by atoms with van der Waals surface area (Å²) in [7, 11) is 2.00. The van der Waals surface area contributed by atoms with Gasteiger partial charge in [-0.25, -0.2) is 0 Å². The number of non-ortho nitro benzene ring substituents is 1. The van der Waals surface area contributed by atoms with Crippen LogP contribution in [-0.4, -0.2) is 23.4 Å². The van der Waals surface area contributed by atoms with Gasteiger partial charge in [0.05, 0.1) is 11.0 Å². The molecule has 0 saturated heterocycles. The van der Waals surface area contributed by atoms with Crippen molar-refractivity contribution < 1.29 is 4.92 Å². The van der Waals surface area contributed by atoms with Crippen LogP contribution < -0.4 is 0 Å². The van der Waals surface area contributed by atoms with E-state index in [-0.39, 0.29) is 16.7 Å². The molecule has 0 unspecified atom stereocenters. The Morgan fingerprint density at radius 1 is 1.47 bits per heavy atom. The number of nitrogens with zero attached hydrogens (tertiary/aromatic N) is 3. The van der Waals surface area contributed by atoms with Crippen molar-refractivity contribution in [3.8, 4) is 6.07 Å². The maximum atomic E-state index is 10.8. The standard InChI is InChI=1S/C14H19N3O2/c1-12(16(2)10-5-3-4-9-15)13-7-6-8-14(11-13)17(18)19/h6-8,11-12H,3-5,10H2,1-2H3/t12-/m0/s1. The lowest BCUT2D eigenvalue weighted by Crippen LogP contribution is -2.23. The summed E-state index contributed by atoms with van der Waals surface area (Å²) in [5, 5.41) is 19.2. The Hall–Kier alpha value is -1.93. The van der Waals surface area contributed by atoms with Crippen molar-refractivity contribution in [2.45, 2.75) is 32.2 Å². The predicted molar refractivity (Wildman–Crippen MR) is 73.6 cm³/mol. The largest absolute Gasteiger partial charge is 0.300 e. The van der Waals surface area contributed by atoms with Crippen LogP contribution in [0.3, 0.4) is 0 Å². The predicted octanol–water partition coefficient (Wildman–Crippen LogP) is 3.28. The third-order valence-corrected chi connectivity index (χ3v) is 3.27. The highest BCUT2D eigenvalue weighted by Gasteiger charge is 2.14. The van der Waals surface area contributed by atoms with E-state index >= 15 is 0 Å². The van der Waals surface area contributed by atoms with Gasteiger partial charge in [0.25, 0.3) is 5.69 Å². The van der Waals surface area contributed by atoms with Crippen molar-refractivity contribution in [2.24, 2.45) is 0 Å². The zero-order chi connectivity index (χ0) is 14.3. The molecular formula is C14H19N3O2. The van der Waals surface area contributed by atoms with Crippen LogP contribution in [0.25, 0.3) is 0 Å². The van der Waals surface area contributed by atoms with Gasteiger partial charge in [-0.15, -0.1) is 0 Å². The van der Waals surface area contributed by atoms with E-state index in [0.717, 1.165) is 24.9 Å². The minimum Gasteiger partial charge on any atom is -0.300 e. The monoisotopic (exact) mass is 261 g/mol. The van der Waals surface area contributed by atoms with Gasteiger partial charge < -0.3 is 0 Å². The molecule has 1 aromatic rings. The van der Waals surface area contributed by atoms with E-state index in [2.05, 4.69) is 11.0 Å². The Kier molecular flexibility index (Phi) is 5.97. The Morgan fingerprint density at radius 2 is 2.21 bits per heavy atom. The molecule has 5 nitrogen and oxygen atoms in total. The number of hydrogen-bond acceptors (Lipinski definition) is 4. The van der Waals surface area contributed by atoms with Gasteiger partial charge in [0.1, 0.15) is 0 Å². The molecule has 0 N–H and O–H groups in total. The van der Waals surface area contributed by atoms with Crippen LogP contribution in [0, 0.1) is 21.4 Å². The molecular weight excluding hydrogens is 242 g/mol. The number of nitriles is 1. The van der Waals surface area contributed by atoms with Crippen molar-refractivity contribution in [3.05, 3.63) is 39.9 Å². The fourth-order valence-corrected chi connectivity index (χ4v) is 1.91. The highest BCUT2D eigenvalue weighted by Crippen LogP contribution is 2.23. The lowest BCUT2D eigenvalue weighted by atomic mass is 10.1. The van der Waals surface area contributed by atoms with Gasteiger partial charge in [0.2, 0.25) is 0 Å². The molecule has 0 heterocycles. The summed E-state index contributed by atoms with van der Waals surface area (Å²) in [6, 6.07) is 9.00. The highest BCUT2D eigenvalue weighted by molar-refractivity contribution is 5.35. The Labute approximate surface area is 113 Å². The van der Waals surface area contributed by atoms with Crippen LogP contribution >= 0.6 is 0 Å². The van der Waals surface area contributed by atoms with Crippen LogP contribution in [0.15, 0.2) is 24.3 Å². The summed E-state index contributed by atoms with van der Waals surface area (Å²) < 4.78 is 0. The quantitative estimate of drug-likeness (QED) is 0.429. The molecule has 1 aromatic carbocycles. The SMILES string of the molecule is C[C@@H](c1cccc([N+](=O)[O-])c1)N(C)CCCCC#N. The molecule has 0 amide bonds. The molecule has 0 aromatic heterocycles. The molecule has 0 aliphatic heterocycles. The van der Waals surface area contributed by atoms with Crippen LogP contribution in [0.1, 0.15) is 37.8 Å². The van der Waals surface area contributed by atoms with Crippen molar-refractivity contribution >= 4 is 5.69 Å². The van der Waals surface area contributed by atoms with Crippen LogP contribution in [0.2, 0.25) is 0 Å². The minimum atomic E-state index is -0.372. The molecule has 0 saturated carbocycles. The molecule has 0 bridgehead atoms. The number of benzene rings is 1. The second-order valence-corrected chi connectivity index (χ2v) is 4.62. The van der Waals surface area contributed by atoms with Crippen LogP contribution in [-0.2, 0) is 0 Å². The number of rotatable bonds is 7. The maximum Gasteiger partial charge on any atom is 0.269 e. The minimum absolute atomic E-state index is 0.127. The van der Waals surface area contributed by atoms with E-state index < -0.39 is 0 Å². The number of hydrogen-bond donors (Lipinski definition) is 0. The Balaban J connectivity index is 2.61. The second-order valence-electron chi connectivity index (χ2n) is 4.62. The smallest absolute Gasteiger partial charge is 0.269 e. The second kappa shape index (κ2) is 7.49. The third-order valence-electron chi connectivity index (χ3n) is 3.27. The first-order chi connectivity index (χ1) is 9.06. The zero-order valence-corrected chi connectivity index (χ0v) is 11.4. The molecule has 0 aliphatic carbocycles. The fourth-order valence-electron chi connectivity index (χ4n) is 1.91. The highest BCUT2D eigenvalue weighted by atomic mass is 16.6. The summed E-state index contributed by atoms with van der Waals surface area (Å²) in [6.45, 7) is 2.91. The van der Waals surface area contributed by atoms with E-state index in [9.17, 15) is 10.1 Å². The van der Waals surface area contributed by atoms with Crippen molar-refractivity contribution in [2.75, 3.05) is 13.6 Å². The van der Waals surface area contributed by atoms with Gasteiger partial charge in [-0.05, 0) is 38.9 Å². The van der Waals surface area contributed by atoms with E-state index in [1.165, 1.54) is 6.07 Å². The average Bonchev–Trinajstić information content (AvgIpc) is 2.42. The lowest BCUT2D eigenvalue weighted by molar-refractivity contribution is -0.384. The molecule has 0 fully saturated rings. The van der Waals surface area contributed by atoms with Gasteiger partial charge in [-0.2, -0.15) is 5.26 Å². The van der Waals surface area contributed by atoms with Gasteiger partial charge in [-0.1, -0.05) is 12.1 Å². The Morgan fingerprint density at radius 3 is 2.84 bits per heavy atom. The van der Waals surface area contributed by atoms with Gasteiger partial charge >= 0.3 is 0 Å². The number of nitro groups is 1. The molecule has 5 heteroatoms. The van der Waals surface area contributed by atoms with Crippen LogP contribution in [0.5, 0.6) is 0 Å². The average molecular weight is 261 g/mol. The molecule has 0 aliphatic rings. The zero-order valence-electron chi connectivity index (χ0n) is 11.4. The van der Waals surface area contributed by atoms with Crippen molar-refractivity contribution in [1.82, 2.24) is 4.90 Å². The van der Waals surface area contributed by atoms with Gasteiger partial charge in [-0.3, -0.25) is 15.0 Å². The summed E-state index contributed by atoms with van der Waals surface area (Å²) >= 11 is 0. The third kappa shape index (κ3) is 4.68. The van der Waals surface area contributed by atoms with Gasteiger partial charge in [0, 0.05) is 24.6 Å². The maximum absolute atomic E-state index is 10.8. The van der Waals surface area contributed by atoms with Crippen LogP contribution in [0.4, 0.5) is 5.69 Å². The molecule has 19 heavy (non-hydrogen) atoms. The van der Waals surface area contributed by atoms with E-state index in [1.807, 2.05) is 20.0 Å². The molecule has 1 atom stereocenters. The topological polar surface area (TPSA) is 70.2 Å². The van der Waals surface area contributed by atoms with Crippen molar-refractivity contribution in [1.29, 1.82) is 5.26 Å². The van der Waals surface area contributed by atoms with E-state index in [1.54, 1.807) is 12.1 Å². The number of unbranched alkanes of at least 4 members (excludes halogenated alkanes) is 2. The summed E-state index contributed by atoms with van der Waals surface area (Å²) in [4.78, 5) is 12.5. The van der Waals surface area contributed by atoms with Gasteiger partial charge in [0.15, 0.2) is 0 Å². The lowest BCUT2D eigenvalue weighted by Gasteiger charge is -2.24.